The molecular weight excluding hydrogens is 230 g/mol. The maximum Gasteiger partial charge on any atom is 0.338 e. The van der Waals surface area contributed by atoms with Crippen LogP contribution in [0.3, 0.4) is 0 Å². The number of fused-ring (bicyclic) bond motifs is 1. The van der Waals surface area contributed by atoms with Crippen molar-refractivity contribution >= 4 is 22.8 Å². The molecule has 0 unspecified atom stereocenters. The van der Waals surface area contributed by atoms with Crippen LogP contribution in [0.15, 0.2) is 35.1 Å². The minimum atomic E-state index is -1.04. The van der Waals surface area contributed by atoms with E-state index in [4.69, 9.17) is 0 Å². The molecule has 0 saturated carbocycles. The Labute approximate surface area is 104 Å². The lowest BCUT2D eigenvalue weighted by molar-refractivity contribution is 0.0698. The molecule has 4 heteroatoms. The van der Waals surface area contributed by atoms with E-state index in [9.17, 15) is 14.7 Å². The van der Waals surface area contributed by atoms with Gasteiger partial charge in [0, 0.05) is 10.8 Å². The van der Waals surface area contributed by atoms with Crippen LogP contribution in [0.4, 0.5) is 0 Å². The highest BCUT2D eigenvalue weighted by Gasteiger charge is 2.15. The summed E-state index contributed by atoms with van der Waals surface area (Å²) in [5, 5.41) is 10.2. The molecule has 0 saturated heterocycles. The van der Waals surface area contributed by atoms with Gasteiger partial charge in [0.25, 0.3) is 5.56 Å². The van der Waals surface area contributed by atoms with Crippen molar-refractivity contribution in [1.29, 1.82) is 0 Å². The van der Waals surface area contributed by atoms with Crippen molar-refractivity contribution in [3.05, 3.63) is 52.0 Å². The molecule has 0 aliphatic heterocycles. The van der Waals surface area contributed by atoms with Crippen molar-refractivity contribution < 1.29 is 9.90 Å². The summed E-state index contributed by atoms with van der Waals surface area (Å²) in [6.45, 7) is 1.94. The molecule has 0 aliphatic rings. The van der Waals surface area contributed by atoms with E-state index in [0.717, 1.165) is 6.42 Å². The molecule has 1 heterocycles. The fourth-order valence-electron chi connectivity index (χ4n) is 1.89. The van der Waals surface area contributed by atoms with Crippen LogP contribution < -0.4 is 5.56 Å². The van der Waals surface area contributed by atoms with E-state index < -0.39 is 5.97 Å². The predicted octanol–water partition coefficient (Wildman–Crippen LogP) is 2.65. The molecule has 0 amide bonds. The number of hydrogen-bond donors (Lipinski definition) is 2. The lowest BCUT2D eigenvalue weighted by Gasteiger charge is -2.06. The minimum Gasteiger partial charge on any atom is -0.478 e. The summed E-state index contributed by atoms with van der Waals surface area (Å²) in [6, 6.07) is 6.71. The summed E-state index contributed by atoms with van der Waals surface area (Å²) in [5.74, 6) is -1.04. The smallest absolute Gasteiger partial charge is 0.338 e. The minimum absolute atomic E-state index is 0.134. The number of pyridine rings is 1. The molecule has 2 N–H and O–H groups in total. The molecule has 2 aromatic rings. The van der Waals surface area contributed by atoms with E-state index in [-0.39, 0.29) is 11.1 Å². The first-order chi connectivity index (χ1) is 8.65. The van der Waals surface area contributed by atoms with Crippen LogP contribution >= 0.6 is 0 Å². The van der Waals surface area contributed by atoms with Crippen LogP contribution in [-0.2, 0) is 0 Å². The van der Waals surface area contributed by atoms with Crippen molar-refractivity contribution in [3.8, 4) is 0 Å². The van der Waals surface area contributed by atoms with Gasteiger partial charge in [0.1, 0.15) is 0 Å². The number of aromatic carboxylic acids is 1. The largest absolute Gasteiger partial charge is 0.478 e. The van der Waals surface area contributed by atoms with E-state index in [2.05, 4.69) is 4.98 Å². The Morgan fingerprint density at radius 2 is 2.00 bits per heavy atom. The van der Waals surface area contributed by atoms with Gasteiger partial charge in [-0.1, -0.05) is 31.2 Å². The highest BCUT2D eigenvalue weighted by molar-refractivity contribution is 6.05. The number of aromatic amines is 1. The predicted molar refractivity (Wildman–Crippen MR) is 70.9 cm³/mol. The molecule has 0 bridgehead atoms. The fraction of sp³-hybridized carbons (Fsp3) is 0.143. The van der Waals surface area contributed by atoms with Gasteiger partial charge in [-0.05, 0) is 18.6 Å². The van der Waals surface area contributed by atoms with Crippen LogP contribution in [-0.4, -0.2) is 16.1 Å². The lowest BCUT2D eigenvalue weighted by atomic mass is 10.0. The van der Waals surface area contributed by atoms with Gasteiger partial charge in [-0.25, -0.2) is 4.79 Å². The molecule has 0 radical (unpaired) electrons. The summed E-state index contributed by atoms with van der Waals surface area (Å²) >= 11 is 0. The number of H-pyrrole nitrogens is 1. The second-order valence-corrected chi connectivity index (χ2v) is 3.90. The molecule has 92 valence electrons. The second-order valence-electron chi connectivity index (χ2n) is 3.90. The third kappa shape index (κ3) is 2.05. The molecule has 1 aromatic carbocycles. The Morgan fingerprint density at radius 3 is 2.61 bits per heavy atom. The third-order valence-electron chi connectivity index (χ3n) is 2.69. The van der Waals surface area contributed by atoms with Crippen LogP contribution in [0.5, 0.6) is 0 Å². The number of rotatable bonds is 3. The zero-order valence-electron chi connectivity index (χ0n) is 9.93. The lowest BCUT2D eigenvalue weighted by Crippen LogP contribution is -2.13. The van der Waals surface area contributed by atoms with Crippen LogP contribution in [0.1, 0.15) is 29.4 Å². The average molecular weight is 243 g/mol. The highest BCUT2D eigenvalue weighted by atomic mass is 16.4. The summed E-state index contributed by atoms with van der Waals surface area (Å²) in [4.78, 5) is 25.8. The fourth-order valence-corrected chi connectivity index (χ4v) is 1.89. The maximum atomic E-state index is 11.9. The van der Waals surface area contributed by atoms with Gasteiger partial charge in [0.05, 0.1) is 11.3 Å². The molecule has 0 spiro atoms. The Kier molecular flexibility index (Phi) is 3.28. The zero-order chi connectivity index (χ0) is 13.1. The molecule has 1 aromatic heterocycles. The summed E-state index contributed by atoms with van der Waals surface area (Å²) in [7, 11) is 0. The second kappa shape index (κ2) is 4.87. The number of carboxylic acids is 1. The van der Waals surface area contributed by atoms with Crippen molar-refractivity contribution in [2.24, 2.45) is 0 Å². The Balaban J connectivity index is 2.87. The normalized spacial score (nSPS) is 11.2. The zero-order valence-corrected chi connectivity index (χ0v) is 9.93. The monoisotopic (exact) mass is 243 g/mol. The van der Waals surface area contributed by atoms with Crippen molar-refractivity contribution in [3.63, 3.8) is 0 Å². The molecule has 2 rings (SSSR count). The van der Waals surface area contributed by atoms with E-state index >= 15 is 0 Å². The SMILES string of the molecule is CC/C=C/c1[nH]c(=O)c2ccccc2c1C(=O)O. The maximum absolute atomic E-state index is 11.9. The van der Waals surface area contributed by atoms with Crippen molar-refractivity contribution in [2.45, 2.75) is 13.3 Å². The van der Waals surface area contributed by atoms with E-state index in [1.165, 1.54) is 0 Å². The quantitative estimate of drug-likeness (QED) is 0.870. The average Bonchev–Trinajstić information content (AvgIpc) is 2.36. The molecule has 0 aliphatic carbocycles. The highest BCUT2D eigenvalue weighted by Crippen LogP contribution is 2.19. The molecule has 18 heavy (non-hydrogen) atoms. The van der Waals surface area contributed by atoms with Gasteiger partial charge in [0.15, 0.2) is 0 Å². The van der Waals surface area contributed by atoms with Crippen LogP contribution in [0, 0.1) is 0 Å². The summed E-state index contributed by atoms with van der Waals surface area (Å²) < 4.78 is 0. The number of carbonyl (C=O) groups is 1. The molecule has 4 nitrogen and oxygen atoms in total. The number of allylic oxidation sites excluding steroid dienone is 1. The Hall–Kier alpha value is -2.36. The van der Waals surface area contributed by atoms with Gasteiger partial charge < -0.3 is 10.1 Å². The summed E-state index contributed by atoms with van der Waals surface area (Å²) in [6.07, 6.45) is 4.22. The first kappa shape index (κ1) is 12.1. The van der Waals surface area contributed by atoms with Gasteiger partial charge in [0.2, 0.25) is 0 Å². The van der Waals surface area contributed by atoms with E-state index in [0.29, 0.717) is 16.5 Å². The van der Waals surface area contributed by atoms with Crippen LogP contribution in [0.25, 0.3) is 16.8 Å². The topological polar surface area (TPSA) is 70.2 Å². The van der Waals surface area contributed by atoms with Crippen LogP contribution in [0.2, 0.25) is 0 Å². The van der Waals surface area contributed by atoms with Crippen molar-refractivity contribution in [2.75, 3.05) is 0 Å². The molecule has 0 fully saturated rings. The summed E-state index contributed by atoms with van der Waals surface area (Å²) in [5.41, 5.74) is 0.203. The molecule has 0 atom stereocenters. The Bertz CT molecular complexity index is 683. The van der Waals surface area contributed by atoms with E-state index in [1.807, 2.05) is 13.0 Å². The Morgan fingerprint density at radius 1 is 1.33 bits per heavy atom. The molecular formula is C14H13NO3. The number of carboxylic acid groups (broad SMARTS) is 1. The van der Waals surface area contributed by atoms with Gasteiger partial charge in [-0.15, -0.1) is 0 Å². The number of aromatic nitrogens is 1. The van der Waals surface area contributed by atoms with Gasteiger partial charge in [-0.2, -0.15) is 0 Å². The number of hydrogen-bond acceptors (Lipinski definition) is 2. The number of benzene rings is 1. The van der Waals surface area contributed by atoms with E-state index in [1.54, 1.807) is 30.3 Å². The first-order valence-corrected chi connectivity index (χ1v) is 5.70. The third-order valence-corrected chi connectivity index (χ3v) is 2.69. The van der Waals surface area contributed by atoms with Crippen molar-refractivity contribution in [1.82, 2.24) is 4.98 Å². The standard InChI is InChI=1S/C14H13NO3/c1-2-3-8-11-12(14(17)18)9-6-4-5-7-10(9)13(16)15-11/h3-8H,2H2,1H3,(H,15,16)(H,17,18)/b8-3+. The number of nitrogens with one attached hydrogen (secondary N) is 1. The van der Waals surface area contributed by atoms with Gasteiger partial charge in [-0.3, -0.25) is 4.79 Å². The van der Waals surface area contributed by atoms with Gasteiger partial charge >= 0.3 is 5.97 Å². The first-order valence-electron chi connectivity index (χ1n) is 5.70.